The lowest BCUT2D eigenvalue weighted by Crippen LogP contribution is -2.19. The van der Waals surface area contributed by atoms with Gasteiger partial charge >= 0.3 is 0 Å². The highest BCUT2D eigenvalue weighted by Gasteiger charge is 2.09. The summed E-state index contributed by atoms with van der Waals surface area (Å²) in [6.45, 7) is 2.07. The van der Waals surface area contributed by atoms with E-state index in [-0.39, 0.29) is 5.91 Å². The molecule has 0 radical (unpaired) electrons. The Morgan fingerprint density at radius 1 is 1.57 bits per heavy atom. The van der Waals surface area contributed by atoms with Crippen molar-refractivity contribution in [2.75, 3.05) is 13.3 Å². The Morgan fingerprint density at radius 3 is 2.86 bits per heavy atom. The summed E-state index contributed by atoms with van der Waals surface area (Å²) in [5, 5.41) is 2.88. The number of amides is 1. The molecule has 0 aromatic carbocycles. The first-order valence-electron chi connectivity index (χ1n) is 4.41. The van der Waals surface area contributed by atoms with Gasteiger partial charge in [0.25, 0.3) is 5.91 Å². The molecule has 1 unspecified atom stereocenters. The Labute approximate surface area is 88.3 Å². The minimum atomic E-state index is -0.139. The Balaban J connectivity index is 2.95. The molecule has 1 aromatic heterocycles. The van der Waals surface area contributed by atoms with Gasteiger partial charge in [-0.25, -0.2) is 4.98 Å². The van der Waals surface area contributed by atoms with Crippen LogP contribution in [0.4, 0.5) is 0 Å². The van der Waals surface area contributed by atoms with E-state index in [9.17, 15) is 4.79 Å². The van der Waals surface area contributed by atoms with Crippen molar-refractivity contribution in [3.05, 3.63) is 29.6 Å². The summed E-state index contributed by atoms with van der Waals surface area (Å²) in [7, 11) is 1.61. The van der Waals surface area contributed by atoms with Gasteiger partial charge in [-0.3, -0.25) is 4.79 Å². The van der Waals surface area contributed by atoms with Crippen LogP contribution in [0.15, 0.2) is 18.2 Å². The number of hydrogen-bond donors (Lipinski definition) is 1. The average Bonchev–Trinajstić information content (AvgIpc) is 2.27. The van der Waals surface area contributed by atoms with Crippen molar-refractivity contribution >= 4 is 17.7 Å². The molecule has 0 fully saturated rings. The zero-order valence-electron chi connectivity index (χ0n) is 8.57. The van der Waals surface area contributed by atoms with Crippen LogP contribution in [0.2, 0.25) is 0 Å². The lowest BCUT2D eigenvalue weighted by molar-refractivity contribution is 0.0958. The highest BCUT2D eigenvalue weighted by atomic mass is 32.2. The highest BCUT2D eigenvalue weighted by Crippen LogP contribution is 2.23. The van der Waals surface area contributed by atoms with Crippen LogP contribution in [0.25, 0.3) is 0 Å². The number of carbonyl (C=O) groups is 1. The smallest absolute Gasteiger partial charge is 0.269 e. The highest BCUT2D eigenvalue weighted by molar-refractivity contribution is 7.98. The molecule has 0 bridgehead atoms. The standard InChI is InChI=1S/C10H14N2OS/c1-7(14-3)8-5-4-6-9(12-8)10(13)11-2/h4-7H,1-3H3,(H,11,13). The second-order valence-electron chi connectivity index (χ2n) is 2.90. The van der Waals surface area contributed by atoms with E-state index >= 15 is 0 Å². The van der Waals surface area contributed by atoms with E-state index in [2.05, 4.69) is 17.2 Å². The van der Waals surface area contributed by atoms with Crippen LogP contribution in [-0.2, 0) is 0 Å². The van der Waals surface area contributed by atoms with Crippen LogP contribution in [0.1, 0.15) is 28.4 Å². The average molecular weight is 210 g/mol. The maximum atomic E-state index is 11.3. The van der Waals surface area contributed by atoms with Crippen molar-refractivity contribution in [1.29, 1.82) is 0 Å². The van der Waals surface area contributed by atoms with Gasteiger partial charge in [-0.2, -0.15) is 11.8 Å². The third-order valence-corrected chi connectivity index (χ3v) is 2.95. The predicted molar refractivity (Wildman–Crippen MR) is 59.6 cm³/mol. The molecule has 0 aliphatic heterocycles. The van der Waals surface area contributed by atoms with Crippen LogP contribution in [0.5, 0.6) is 0 Å². The molecule has 1 N–H and O–H groups in total. The first-order chi connectivity index (χ1) is 6.69. The number of thioether (sulfide) groups is 1. The van der Waals surface area contributed by atoms with Crippen LogP contribution in [-0.4, -0.2) is 24.2 Å². The Kier molecular flexibility index (Phi) is 3.95. The number of rotatable bonds is 3. The maximum Gasteiger partial charge on any atom is 0.269 e. The van der Waals surface area contributed by atoms with E-state index in [0.29, 0.717) is 10.9 Å². The molecule has 0 spiro atoms. The molecule has 0 saturated carbocycles. The summed E-state index contributed by atoms with van der Waals surface area (Å²) < 4.78 is 0. The molecule has 3 nitrogen and oxygen atoms in total. The van der Waals surface area contributed by atoms with E-state index in [0.717, 1.165) is 5.69 Å². The molecular weight excluding hydrogens is 196 g/mol. The number of carbonyl (C=O) groups excluding carboxylic acids is 1. The third kappa shape index (κ3) is 2.48. The zero-order valence-corrected chi connectivity index (χ0v) is 9.39. The Hall–Kier alpha value is -1.03. The largest absolute Gasteiger partial charge is 0.354 e. The van der Waals surface area contributed by atoms with Crippen molar-refractivity contribution in [3.63, 3.8) is 0 Å². The van der Waals surface area contributed by atoms with Gasteiger partial charge in [-0.05, 0) is 25.3 Å². The summed E-state index contributed by atoms with van der Waals surface area (Å²) in [5.74, 6) is -0.139. The summed E-state index contributed by atoms with van der Waals surface area (Å²) in [6.07, 6.45) is 2.03. The van der Waals surface area contributed by atoms with Crippen LogP contribution >= 0.6 is 11.8 Å². The Bertz CT molecular complexity index is 328. The topological polar surface area (TPSA) is 42.0 Å². The van der Waals surface area contributed by atoms with E-state index < -0.39 is 0 Å². The van der Waals surface area contributed by atoms with Gasteiger partial charge in [0.2, 0.25) is 0 Å². The molecule has 0 aliphatic rings. The van der Waals surface area contributed by atoms with Crippen LogP contribution in [0.3, 0.4) is 0 Å². The second kappa shape index (κ2) is 5.00. The van der Waals surface area contributed by atoms with Gasteiger partial charge in [-0.15, -0.1) is 0 Å². The van der Waals surface area contributed by atoms with Crippen LogP contribution < -0.4 is 5.32 Å². The van der Waals surface area contributed by atoms with Gasteiger partial charge in [0, 0.05) is 12.3 Å². The van der Waals surface area contributed by atoms with Crippen molar-refractivity contribution < 1.29 is 4.79 Å². The van der Waals surface area contributed by atoms with E-state index in [1.807, 2.05) is 18.4 Å². The SMILES string of the molecule is CNC(=O)c1cccc(C(C)SC)n1. The normalized spacial score (nSPS) is 12.2. The molecule has 0 saturated heterocycles. The number of pyridine rings is 1. The fourth-order valence-corrected chi connectivity index (χ4v) is 1.43. The van der Waals surface area contributed by atoms with Crippen molar-refractivity contribution in [3.8, 4) is 0 Å². The van der Waals surface area contributed by atoms with E-state index in [1.54, 1.807) is 24.9 Å². The molecule has 76 valence electrons. The van der Waals surface area contributed by atoms with Gasteiger partial charge in [-0.1, -0.05) is 6.07 Å². The minimum absolute atomic E-state index is 0.139. The number of nitrogens with zero attached hydrogens (tertiary/aromatic N) is 1. The Morgan fingerprint density at radius 2 is 2.29 bits per heavy atom. The fraction of sp³-hybridized carbons (Fsp3) is 0.400. The zero-order chi connectivity index (χ0) is 10.6. The van der Waals surface area contributed by atoms with Crippen molar-refractivity contribution in [1.82, 2.24) is 10.3 Å². The van der Waals surface area contributed by atoms with Crippen LogP contribution in [0, 0.1) is 0 Å². The predicted octanol–water partition coefficient (Wildman–Crippen LogP) is 1.87. The fourth-order valence-electron chi connectivity index (χ4n) is 1.05. The number of nitrogens with one attached hydrogen (secondary N) is 1. The maximum absolute atomic E-state index is 11.3. The molecule has 1 heterocycles. The lowest BCUT2D eigenvalue weighted by atomic mass is 10.2. The summed E-state index contributed by atoms with van der Waals surface area (Å²) in [5.41, 5.74) is 1.42. The molecule has 14 heavy (non-hydrogen) atoms. The number of aromatic nitrogens is 1. The summed E-state index contributed by atoms with van der Waals surface area (Å²) in [6, 6.07) is 5.52. The van der Waals surface area contributed by atoms with Crippen molar-refractivity contribution in [2.24, 2.45) is 0 Å². The van der Waals surface area contributed by atoms with Gasteiger partial charge in [0.1, 0.15) is 5.69 Å². The van der Waals surface area contributed by atoms with E-state index in [1.165, 1.54) is 0 Å². The van der Waals surface area contributed by atoms with Gasteiger partial charge in [0.05, 0.1) is 5.69 Å². The number of hydrogen-bond acceptors (Lipinski definition) is 3. The first-order valence-corrected chi connectivity index (χ1v) is 5.69. The molecule has 1 rings (SSSR count). The van der Waals surface area contributed by atoms with E-state index in [4.69, 9.17) is 0 Å². The molecular formula is C10H14N2OS. The third-order valence-electron chi connectivity index (χ3n) is 2.00. The monoisotopic (exact) mass is 210 g/mol. The summed E-state index contributed by atoms with van der Waals surface area (Å²) in [4.78, 5) is 15.6. The lowest BCUT2D eigenvalue weighted by Gasteiger charge is -2.08. The van der Waals surface area contributed by atoms with Gasteiger partial charge in [0.15, 0.2) is 0 Å². The van der Waals surface area contributed by atoms with Gasteiger partial charge < -0.3 is 5.32 Å². The quantitative estimate of drug-likeness (QED) is 0.828. The molecule has 4 heteroatoms. The second-order valence-corrected chi connectivity index (χ2v) is 4.08. The first kappa shape index (κ1) is 11.0. The molecule has 1 aromatic rings. The minimum Gasteiger partial charge on any atom is -0.354 e. The summed E-state index contributed by atoms with van der Waals surface area (Å²) >= 11 is 1.71. The molecule has 1 atom stereocenters. The molecule has 0 aliphatic carbocycles. The van der Waals surface area contributed by atoms with Crippen molar-refractivity contribution in [2.45, 2.75) is 12.2 Å². The molecule has 1 amide bonds.